The van der Waals surface area contributed by atoms with E-state index in [1.165, 1.54) is 12.1 Å². The summed E-state index contributed by atoms with van der Waals surface area (Å²) in [6, 6.07) is 4.51. The van der Waals surface area contributed by atoms with Crippen molar-refractivity contribution in [1.82, 2.24) is 10.3 Å². The summed E-state index contributed by atoms with van der Waals surface area (Å²) >= 11 is 7.56. The van der Waals surface area contributed by atoms with Gasteiger partial charge in [0.1, 0.15) is 5.82 Å². The van der Waals surface area contributed by atoms with Crippen molar-refractivity contribution >= 4 is 22.9 Å². The molecule has 2 nitrogen and oxygen atoms in total. The van der Waals surface area contributed by atoms with Gasteiger partial charge in [-0.3, -0.25) is 0 Å². The minimum absolute atomic E-state index is 0.0600. The molecule has 0 aliphatic heterocycles. The second-order valence-electron chi connectivity index (χ2n) is 3.75. The van der Waals surface area contributed by atoms with Crippen molar-refractivity contribution in [2.75, 3.05) is 0 Å². The Bertz CT molecular complexity index is 487. The summed E-state index contributed by atoms with van der Waals surface area (Å²) in [6.45, 7) is 2.67. The molecule has 1 aromatic carbocycles. The number of benzene rings is 1. The van der Waals surface area contributed by atoms with Crippen LogP contribution in [0.1, 0.15) is 24.2 Å². The van der Waals surface area contributed by atoms with Gasteiger partial charge in [0.15, 0.2) is 0 Å². The van der Waals surface area contributed by atoms with Crippen LogP contribution in [0.15, 0.2) is 29.1 Å². The van der Waals surface area contributed by atoms with Crippen LogP contribution in [-0.2, 0) is 6.54 Å². The number of hydrogen-bond acceptors (Lipinski definition) is 3. The molecule has 5 heteroatoms. The highest BCUT2D eigenvalue weighted by Gasteiger charge is 2.10. The van der Waals surface area contributed by atoms with Crippen molar-refractivity contribution in [3.05, 3.63) is 51.2 Å². The highest BCUT2D eigenvalue weighted by atomic mass is 35.5. The summed E-state index contributed by atoms with van der Waals surface area (Å²) < 4.78 is 12.9. The molecule has 0 spiro atoms. The normalized spacial score (nSPS) is 12.6. The molecule has 0 saturated heterocycles. The van der Waals surface area contributed by atoms with Crippen LogP contribution in [0.25, 0.3) is 0 Å². The van der Waals surface area contributed by atoms with E-state index in [1.54, 1.807) is 22.9 Å². The van der Waals surface area contributed by atoms with Gasteiger partial charge >= 0.3 is 0 Å². The SMILES string of the molecule is CC(NCc1cscn1)c1ccc(F)cc1Cl. The number of thiazole rings is 1. The molecule has 1 N–H and O–H groups in total. The van der Waals surface area contributed by atoms with Crippen LogP contribution in [0.3, 0.4) is 0 Å². The number of halogens is 2. The molecule has 1 aromatic heterocycles. The minimum atomic E-state index is -0.314. The fourth-order valence-corrected chi connectivity index (χ4v) is 2.43. The van der Waals surface area contributed by atoms with E-state index in [0.29, 0.717) is 11.6 Å². The summed E-state index contributed by atoms with van der Waals surface area (Å²) in [5, 5.41) is 5.74. The van der Waals surface area contributed by atoms with Crippen molar-refractivity contribution in [3.63, 3.8) is 0 Å². The Labute approximate surface area is 108 Å². The molecule has 0 radical (unpaired) electrons. The third-order valence-electron chi connectivity index (χ3n) is 2.50. The Hall–Kier alpha value is -0.970. The van der Waals surface area contributed by atoms with Crippen molar-refractivity contribution < 1.29 is 4.39 Å². The molecule has 0 aliphatic rings. The third kappa shape index (κ3) is 3.25. The maximum Gasteiger partial charge on any atom is 0.124 e. The number of aromatic nitrogens is 1. The average molecular weight is 271 g/mol. The summed E-state index contributed by atoms with van der Waals surface area (Å²) in [5.41, 5.74) is 3.69. The standard InChI is InChI=1S/C12H12ClFN2S/c1-8(15-5-10-6-17-7-16-10)11-3-2-9(14)4-12(11)13/h2-4,6-8,15H,5H2,1H3. The molecule has 2 rings (SSSR count). The molecule has 17 heavy (non-hydrogen) atoms. The van der Waals surface area contributed by atoms with Crippen molar-refractivity contribution in [1.29, 1.82) is 0 Å². The molecule has 0 amide bonds. The van der Waals surface area contributed by atoms with Crippen LogP contribution < -0.4 is 5.32 Å². The molecule has 1 unspecified atom stereocenters. The zero-order valence-corrected chi connectivity index (χ0v) is 10.9. The second kappa shape index (κ2) is 5.58. The molecule has 1 atom stereocenters. The van der Waals surface area contributed by atoms with E-state index in [-0.39, 0.29) is 11.9 Å². The van der Waals surface area contributed by atoms with E-state index in [2.05, 4.69) is 10.3 Å². The van der Waals surface area contributed by atoms with Crippen LogP contribution in [0.5, 0.6) is 0 Å². The molecular formula is C12H12ClFN2S. The van der Waals surface area contributed by atoms with Crippen LogP contribution in [0.2, 0.25) is 5.02 Å². The quantitative estimate of drug-likeness (QED) is 0.914. The Morgan fingerprint density at radius 2 is 2.35 bits per heavy atom. The number of nitrogens with zero attached hydrogens (tertiary/aromatic N) is 1. The lowest BCUT2D eigenvalue weighted by molar-refractivity contribution is 0.566. The third-order valence-corrected chi connectivity index (χ3v) is 3.46. The van der Waals surface area contributed by atoms with Crippen LogP contribution in [-0.4, -0.2) is 4.98 Å². The lowest BCUT2D eigenvalue weighted by atomic mass is 10.1. The fraction of sp³-hybridized carbons (Fsp3) is 0.250. The Balaban J connectivity index is 2.01. The van der Waals surface area contributed by atoms with Gasteiger partial charge in [-0.25, -0.2) is 9.37 Å². The summed E-state index contributed by atoms with van der Waals surface area (Å²) in [7, 11) is 0. The van der Waals surface area contributed by atoms with Gasteiger partial charge in [-0.2, -0.15) is 0 Å². The first kappa shape index (κ1) is 12.5. The van der Waals surface area contributed by atoms with Gasteiger partial charge < -0.3 is 5.32 Å². The van der Waals surface area contributed by atoms with Crippen molar-refractivity contribution in [2.24, 2.45) is 0 Å². The number of rotatable bonds is 4. The number of nitrogens with one attached hydrogen (secondary N) is 1. The monoisotopic (exact) mass is 270 g/mol. The molecule has 0 fully saturated rings. The Morgan fingerprint density at radius 1 is 1.53 bits per heavy atom. The molecule has 0 aliphatic carbocycles. The molecular weight excluding hydrogens is 259 g/mol. The predicted octanol–water partition coefficient (Wildman–Crippen LogP) is 3.79. The van der Waals surface area contributed by atoms with Crippen LogP contribution in [0.4, 0.5) is 4.39 Å². The first-order chi connectivity index (χ1) is 8.16. The van der Waals surface area contributed by atoms with Gasteiger partial charge in [0.05, 0.1) is 11.2 Å². The van der Waals surface area contributed by atoms with Gasteiger partial charge in [-0.05, 0) is 24.6 Å². The maximum absolute atomic E-state index is 12.9. The molecule has 0 bridgehead atoms. The number of hydrogen-bond donors (Lipinski definition) is 1. The fourth-order valence-electron chi connectivity index (χ4n) is 1.55. The van der Waals surface area contributed by atoms with Gasteiger partial charge in [-0.1, -0.05) is 17.7 Å². The Kier molecular flexibility index (Phi) is 4.10. The highest BCUT2D eigenvalue weighted by Crippen LogP contribution is 2.23. The van der Waals surface area contributed by atoms with Gasteiger partial charge in [0, 0.05) is 23.0 Å². The summed E-state index contributed by atoms with van der Waals surface area (Å²) in [5.74, 6) is -0.314. The molecule has 1 heterocycles. The van der Waals surface area contributed by atoms with Gasteiger partial charge in [0.25, 0.3) is 0 Å². The zero-order valence-electron chi connectivity index (χ0n) is 9.28. The average Bonchev–Trinajstić information content (AvgIpc) is 2.78. The lowest BCUT2D eigenvalue weighted by Crippen LogP contribution is -2.18. The van der Waals surface area contributed by atoms with Crippen molar-refractivity contribution in [2.45, 2.75) is 19.5 Å². The smallest absolute Gasteiger partial charge is 0.124 e. The molecule has 0 saturated carbocycles. The van der Waals surface area contributed by atoms with E-state index in [9.17, 15) is 4.39 Å². The first-order valence-electron chi connectivity index (χ1n) is 5.22. The van der Waals surface area contributed by atoms with Crippen LogP contribution in [0, 0.1) is 5.82 Å². The largest absolute Gasteiger partial charge is 0.304 e. The van der Waals surface area contributed by atoms with E-state index >= 15 is 0 Å². The topological polar surface area (TPSA) is 24.9 Å². The van der Waals surface area contributed by atoms with E-state index in [4.69, 9.17) is 11.6 Å². The van der Waals surface area contributed by atoms with Crippen LogP contribution >= 0.6 is 22.9 Å². The Morgan fingerprint density at radius 3 is 3.00 bits per heavy atom. The highest BCUT2D eigenvalue weighted by molar-refractivity contribution is 7.07. The minimum Gasteiger partial charge on any atom is -0.304 e. The predicted molar refractivity (Wildman–Crippen MR) is 68.8 cm³/mol. The summed E-state index contributed by atoms with van der Waals surface area (Å²) in [6.07, 6.45) is 0. The second-order valence-corrected chi connectivity index (χ2v) is 4.87. The van der Waals surface area contributed by atoms with Crippen molar-refractivity contribution in [3.8, 4) is 0 Å². The summed E-state index contributed by atoms with van der Waals surface area (Å²) in [4.78, 5) is 4.18. The lowest BCUT2D eigenvalue weighted by Gasteiger charge is -2.14. The van der Waals surface area contributed by atoms with E-state index in [1.807, 2.05) is 12.3 Å². The van der Waals surface area contributed by atoms with E-state index < -0.39 is 0 Å². The van der Waals surface area contributed by atoms with E-state index in [0.717, 1.165) is 11.3 Å². The first-order valence-corrected chi connectivity index (χ1v) is 6.54. The van der Waals surface area contributed by atoms with Gasteiger partial charge in [0.2, 0.25) is 0 Å². The molecule has 2 aromatic rings. The zero-order chi connectivity index (χ0) is 12.3. The maximum atomic E-state index is 12.9. The molecule has 90 valence electrons. The van der Waals surface area contributed by atoms with Gasteiger partial charge in [-0.15, -0.1) is 11.3 Å².